The first-order chi connectivity index (χ1) is 12.3. The molecule has 5 heteroatoms. The molecular formula is C21H31NO4. The number of ether oxygens (including phenoxy) is 2. The van der Waals surface area contributed by atoms with Gasteiger partial charge in [0, 0.05) is 11.8 Å². The predicted octanol–water partition coefficient (Wildman–Crippen LogP) is 5.44. The molecule has 0 aliphatic heterocycles. The molecule has 1 aromatic rings. The maximum Gasteiger partial charge on any atom is 0.411 e. The van der Waals surface area contributed by atoms with Gasteiger partial charge >= 0.3 is 12.1 Å². The third kappa shape index (κ3) is 8.51. The normalized spacial score (nSPS) is 10.9. The number of carbonyl (C=O) groups is 2. The number of carbonyl (C=O) groups excluding carboxylic acids is 2. The molecule has 0 aliphatic rings. The molecule has 0 atom stereocenters. The molecule has 0 bridgehead atoms. The van der Waals surface area contributed by atoms with Gasteiger partial charge in [-0.25, -0.2) is 9.59 Å². The summed E-state index contributed by atoms with van der Waals surface area (Å²) in [4.78, 5) is 22.5. The van der Waals surface area contributed by atoms with Gasteiger partial charge in [0.2, 0.25) is 0 Å². The fourth-order valence-corrected chi connectivity index (χ4v) is 1.95. The van der Waals surface area contributed by atoms with Crippen molar-refractivity contribution in [3.8, 4) is 0 Å². The van der Waals surface area contributed by atoms with Crippen molar-refractivity contribution in [1.29, 1.82) is 0 Å². The smallest absolute Gasteiger partial charge is 0.411 e. The first-order valence-electron chi connectivity index (χ1n) is 8.86. The quantitative estimate of drug-likeness (QED) is 0.399. The lowest BCUT2D eigenvalue weighted by molar-refractivity contribution is -0.138. The van der Waals surface area contributed by atoms with E-state index < -0.39 is 12.1 Å². The van der Waals surface area contributed by atoms with E-state index in [2.05, 4.69) is 39.6 Å². The van der Waals surface area contributed by atoms with Crippen LogP contribution in [-0.4, -0.2) is 25.3 Å². The molecule has 1 N–H and O–H groups in total. The Balaban J connectivity index is 0.00000301. The number of anilines is 1. The molecule has 144 valence electrons. The third-order valence-corrected chi connectivity index (χ3v) is 3.75. The molecule has 0 spiro atoms. The lowest BCUT2D eigenvalue weighted by Gasteiger charge is -2.12. The summed E-state index contributed by atoms with van der Waals surface area (Å²) in [5, 5.41) is 2.62. The second-order valence-electron chi connectivity index (χ2n) is 5.67. The van der Waals surface area contributed by atoms with E-state index in [0.717, 1.165) is 11.6 Å². The maximum absolute atomic E-state index is 11.6. The molecule has 0 saturated carbocycles. The first kappa shape index (κ1) is 23.4. The van der Waals surface area contributed by atoms with Crippen LogP contribution in [0.2, 0.25) is 0 Å². The largest absolute Gasteiger partial charge is 0.459 e. The van der Waals surface area contributed by atoms with Crippen LogP contribution in [0.5, 0.6) is 0 Å². The van der Waals surface area contributed by atoms with Gasteiger partial charge in [0.15, 0.2) is 0 Å². The second-order valence-corrected chi connectivity index (χ2v) is 5.67. The van der Waals surface area contributed by atoms with Crippen LogP contribution in [0.1, 0.15) is 47.1 Å². The van der Waals surface area contributed by atoms with Crippen molar-refractivity contribution in [2.45, 2.75) is 41.5 Å². The summed E-state index contributed by atoms with van der Waals surface area (Å²) in [5.74, 6) is -0.0531. The van der Waals surface area contributed by atoms with E-state index in [1.54, 1.807) is 0 Å². The van der Waals surface area contributed by atoms with Gasteiger partial charge in [-0.05, 0) is 43.0 Å². The van der Waals surface area contributed by atoms with E-state index in [-0.39, 0.29) is 13.2 Å². The lowest BCUT2D eigenvalue weighted by atomic mass is 9.95. The summed E-state index contributed by atoms with van der Waals surface area (Å²) in [7, 11) is 0. The third-order valence-electron chi connectivity index (χ3n) is 3.75. The molecule has 0 radical (unpaired) electrons. The van der Waals surface area contributed by atoms with Gasteiger partial charge in [-0.3, -0.25) is 5.32 Å². The van der Waals surface area contributed by atoms with Crippen LogP contribution in [0.25, 0.3) is 5.57 Å². The van der Waals surface area contributed by atoms with E-state index >= 15 is 0 Å². The van der Waals surface area contributed by atoms with E-state index in [4.69, 9.17) is 9.47 Å². The zero-order valence-electron chi connectivity index (χ0n) is 16.7. The highest BCUT2D eigenvalue weighted by Gasteiger charge is 2.07. The number of hydrogen-bond acceptors (Lipinski definition) is 4. The molecule has 0 heterocycles. The Bertz CT molecular complexity index is 615. The number of hydrogen-bond donors (Lipinski definition) is 1. The van der Waals surface area contributed by atoms with E-state index in [0.29, 0.717) is 11.6 Å². The summed E-state index contributed by atoms with van der Waals surface area (Å²) in [6.07, 6.45) is 0.460. The van der Waals surface area contributed by atoms with Crippen molar-refractivity contribution in [2.24, 2.45) is 5.92 Å². The Kier molecular flexibility index (Phi) is 11.5. The predicted molar refractivity (Wildman–Crippen MR) is 107 cm³/mol. The monoisotopic (exact) mass is 361 g/mol. The van der Waals surface area contributed by atoms with Crippen LogP contribution in [0, 0.1) is 5.92 Å². The molecule has 26 heavy (non-hydrogen) atoms. The number of esters is 1. The summed E-state index contributed by atoms with van der Waals surface area (Å²) < 4.78 is 9.63. The van der Waals surface area contributed by atoms with Gasteiger partial charge < -0.3 is 9.47 Å². The summed E-state index contributed by atoms with van der Waals surface area (Å²) in [5.41, 5.74) is 4.34. The highest BCUT2D eigenvalue weighted by atomic mass is 16.6. The Morgan fingerprint density at radius 2 is 1.62 bits per heavy atom. The fraction of sp³-hybridized carbons (Fsp3) is 0.429. The molecule has 0 aliphatic carbocycles. The van der Waals surface area contributed by atoms with E-state index in [1.807, 2.05) is 38.1 Å². The van der Waals surface area contributed by atoms with Crippen LogP contribution in [-0.2, 0) is 14.3 Å². The Morgan fingerprint density at radius 1 is 1.08 bits per heavy atom. The zero-order valence-corrected chi connectivity index (χ0v) is 16.7. The number of amides is 1. The zero-order chi connectivity index (χ0) is 20.1. The summed E-state index contributed by atoms with van der Waals surface area (Å²) in [6, 6.07) is 7.57. The molecular weight excluding hydrogens is 330 g/mol. The van der Waals surface area contributed by atoms with E-state index in [9.17, 15) is 9.59 Å². The number of rotatable bonds is 7. The Morgan fingerprint density at radius 3 is 2.12 bits per heavy atom. The van der Waals surface area contributed by atoms with Crippen LogP contribution >= 0.6 is 0 Å². The van der Waals surface area contributed by atoms with Crippen molar-refractivity contribution in [2.75, 3.05) is 18.5 Å². The molecule has 0 saturated heterocycles. The minimum atomic E-state index is -0.594. The maximum atomic E-state index is 11.6. The van der Waals surface area contributed by atoms with Gasteiger partial charge in [0.1, 0.15) is 13.2 Å². The van der Waals surface area contributed by atoms with Gasteiger partial charge in [0.05, 0.1) is 0 Å². The van der Waals surface area contributed by atoms with Gasteiger partial charge in [-0.1, -0.05) is 52.0 Å². The lowest BCUT2D eigenvalue weighted by Crippen LogP contribution is -2.17. The van der Waals surface area contributed by atoms with E-state index in [1.165, 1.54) is 11.1 Å². The van der Waals surface area contributed by atoms with Crippen LogP contribution < -0.4 is 5.32 Å². The number of nitrogens with one attached hydrogen (secondary N) is 1. The molecule has 0 aromatic heterocycles. The fourth-order valence-electron chi connectivity index (χ4n) is 1.95. The van der Waals surface area contributed by atoms with Crippen LogP contribution in [0.15, 0.2) is 42.5 Å². The standard InChI is InChI=1S/C19H25NO4.C2H6/c1-6-18(21)23-11-12-24-19(22)20-17-9-7-16(8-10-17)15(5)14(4)13(2)3;1-2/h6-10,13H,1,11-12H2,2-5H3,(H,20,22);1-2H3/b15-14+;. The van der Waals surface area contributed by atoms with Crippen molar-refractivity contribution in [3.63, 3.8) is 0 Å². The van der Waals surface area contributed by atoms with Crippen molar-refractivity contribution in [3.05, 3.63) is 48.1 Å². The average Bonchev–Trinajstić information content (AvgIpc) is 2.65. The van der Waals surface area contributed by atoms with Crippen molar-refractivity contribution < 1.29 is 19.1 Å². The molecule has 1 amide bonds. The van der Waals surface area contributed by atoms with Gasteiger partial charge in [-0.2, -0.15) is 0 Å². The van der Waals surface area contributed by atoms with Crippen LogP contribution in [0.3, 0.4) is 0 Å². The number of benzene rings is 1. The second kappa shape index (κ2) is 12.8. The van der Waals surface area contributed by atoms with Gasteiger partial charge in [0.25, 0.3) is 0 Å². The SMILES string of the molecule is C=CC(=O)OCCOC(=O)Nc1ccc(/C(C)=C(\C)C(C)C)cc1.CC. The molecule has 0 unspecified atom stereocenters. The molecule has 1 rings (SSSR count). The van der Waals surface area contributed by atoms with Crippen molar-refractivity contribution in [1.82, 2.24) is 0 Å². The minimum Gasteiger partial charge on any atom is -0.459 e. The highest BCUT2D eigenvalue weighted by molar-refractivity contribution is 5.85. The Labute approximate surface area is 157 Å². The van der Waals surface area contributed by atoms with Crippen molar-refractivity contribution >= 4 is 23.3 Å². The Hall–Kier alpha value is -2.56. The topological polar surface area (TPSA) is 64.6 Å². The van der Waals surface area contributed by atoms with Crippen LogP contribution in [0.4, 0.5) is 10.5 Å². The minimum absolute atomic E-state index is 0.00429. The highest BCUT2D eigenvalue weighted by Crippen LogP contribution is 2.24. The van der Waals surface area contributed by atoms with Gasteiger partial charge in [-0.15, -0.1) is 0 Å². The molecule has 1 aromatic carbocycles. The first-order valence-corrected chi connectivity index (χ1v) is 8.86. The number of allylic oxidation sites excluding steroid dienone is 2. The average molecular weight is 361 g/mol. The molecule has 0 fully saturated rings. The molecule has 5 nitrogen and oxygen atoms in total. The summed E-state index contributed by atoms with van der Waals surface area (Å²) in [6.45, 7) is 15.8. The summed E-state index contributed by atoms with van der Waals surface area (Å²) >= 11 is 0.